The lowest BCUT2D eigenvalue weighted by Gasteiger charge is -2.37. The van der Waals surface area contributed by atoms with Gasteiger partial charge in [-0.15, -0.1) is 0 Å². The molecule has 1 unspecified atom stereocenters. The zero-order chi connectivity index (χ0) is 55.9. The Kier molecular flexibility index (Phi) is 21.8. The molecule has 22 nitrogen and oxygen atoms in total. The molecule has 2 aromatic heterocycles. The first-order chi connectivity index (χ1) is 39.1. The molecule has 420 valence electrons. The molecule has 5 aromatic rings. The van der Waals surface area contributed by atoms with Crippen LogP contribution in [0.5, 0.6) is 11.6 Å². The zero-order valence-corrected chi connectivity index (χ0v) is 44.3. The summed E-state index contributed by atoms with van der Waals surface area (Å²) in [7, 11) is 0. The molecular weight excluding hydrogens is 1030 g/mol. The SMILES string of the molecule is N#Cc1ccc(N[C@H]2CC[C@H](N(C(=O)NCc3ccccc3)c3ccc(-c4ccnc(OCCOCCOCCOCCOCCOCCNC(=O)COc5cccc6c5C(=O)N(C5CCC(=O)NC5=O)C6=O)c4)cc3)CC2)nc1. The van der Waals surface area contributed by atoms with E-state index in [4.69, 9.17) is 38.4 Å². The number of piperidine rings is 1. The Morgan fingerprint density at radius 1 is 0.688 bits per heavy atom. The fourth-order valence-corrected chi connectivity index (χ4v) is 9.32. The first-order valence-electron chi connectivity index (χ1n) is 26.7. The number of fused-ring (bicyclic) bond motifs is 1. The van der Waals surface area contributed by atoms with Gasteiger partial charge in [0, 0.05) is 55.7 Å². The Balaban J connectivity index is 0.637. The van der Waals surface area contributed by atoms with Crippen LogP contribution < -0.4 is 35.6 Å². The van der Waals surface area contributed by atoms with E-state index in [-0.39, 0.29) is 61.0 Å². The minimum absolute atomic E-state index is 0.00169. The first-order valence-corrected chi connectivity index (χ1v) is 26.7. The first kappa shape index (κ1) is 57.8. The van der Waals surface area contributed by atoms with Gasteiger partial charge in [0.25, 0.3) is 17.7 Å². The van der Waals surface area contributed by atoms with Crippen LogP contribution in [-0.4, -0.2) is 154 Å². The summed E-state index contributed by atoms with van der Waals surface area (Å²) in [6.07, 6.45) is 6.62. The lowest BCUT2D eigenvalue weighted by molar-refractivity contribution is -0.136. The standard InChI is InChI=1S/C58H65N9O13/c59-36-41-9-19-50(62-38-41)64-44-12-16-46(17-13-44)66(58(73)63-37-40-5-2-1-3-6-40)45-14-10-42(11-15-45)43-21-22-61-53(35-43)79-34-33-78-32-31-77-30-29-76-28-27-75-26-25-74-24-23-60-52(69)39-80-49-8-4-7-47-54(49)57(72)67(56(47)71)48-18-20-51(68)65-55(48)70/h1-11,14-15,19,21-22,35,38,44,46,48H,12-13,16-18,20,23-34,37,39H2,(H,60,69)(H,62,64)(H,63,73)(H,65,68,70)/t44-,46-,48?. The number of nitrogens with one attached hydrogen (secondary N) is 4. The van der Waals surface area contributed by atoms with Crippen molar-refractivity contribution in [3.05, 3.63) is 132 Å². The van der Waals surface area contributed by atoms with Crippen molar-refractivity contribution >= 4 is 47.1 Å². The molecule has 4 N–H and O–H groups in total. The number of hydrogen-bond donors (Lipinski definition) is 4. The number of amides is 7. The third kappa shape index (κ3) is 16.6. The second-order valence-electron chi connectivity index (χ2n) is 18.8. The molecule has 0 bridgehead atoms. The topological polar surface area (TPSA) is 271 Å². The van der Waals surface area contributed by atoms with Crippen molar-refractivity contribution in [2.24, 2.45) is 0 Å². The normalized spacial score (nSPS) is 16.8. The molecule has 2 fully saturated rings. The maximum absolute atomic E-state index is 13.9. The van der Waals surface area contributed by atoms with Gasteiger partial charge in [0.05, 0.1) is 82.8 Å². The van der Waals surface area contributed by atoms with Crippen molar-refractivity contribution in [2.75, 3.05) is 96.0 Å². The molecule has 1 saturated carbocycles. The number of anilines is 2. The summed E-state index contributed by atoms with van der Waals surface area (Å²) in [4.78, 5) is 88.0. The maximum Gasteiger partial charge on any atom is 0.322 e. The molecule has 8 rings (SSSR count). The van der Waals surface area contributed by atoms with Gasteiger partial charge in [0.1, 0.15) is 30.3 Å². The molecule has 2 aliphatic heterocycles. The number of aromatic nitrogens is 2. The highest BCUT2D eigenvalue weighted by Gasteiger charge is 2.46. The maximum atomic E-state index is 13.9. The molecule has 1 saturated heterocycles. The monoisotopic (exact) mass is 1100 g/mol. The summed E-state index contributed by atoms with van der Waals surface area (Å²) >= 11 is 0. The Morgan fingerprint density at radius 2 is 1.38 bits per heavy atom. The van der Waals surface area contributed by atoms with Gasteiger partial charge in [-0.25, -0.2) is 14.8 Å². The van der Waals surface area contributed by atoms with Crippen LogP contribution in [0.25, 0.3) is 11.1 Å². The van der Waals surface area contributed by atoms with Crippen LogP contribution >= 0.6 is 0 Å². The third-order valence-corrected chi connectivity index (χ3v) is 13.3. The molecule has 22 heteroatoms. The van der Waals surface area contributed by atoms with Crippen molar-refractivity contribution in [1.82, 2.24) is 30.8 Å². The Labute approximate surface area is 463 Å². The molecule has 80 heavy (non-hydrogen) atoms. The average Bonchev–Trinajstić information content (AvgIpc) is 3.89. The second kappa shape index (κ2) is 30.1. The number of carbonyl (C=O) groups excluding carboxylic acids is 6. The smallest absolute Gasteiger partial charge is 0.322 e. The van der Waals surface area contributed by atoms with Crippen molar-refractivity contribution in [2.45, 2.75) is 63.2 Å². The molecular formula is C58H65N9O13. The average molecular weight is 1100 g/mol. The van der Waals surface area contributed by atoms with Gasteiger partial charge in [0.15, 0.2) is 6.61 Å². The summed E-state index contributed by atoms with van der Waals surface area (Å²) in [6, 6.07) is 30.7. The predicted octanol–water partition coefficient (Wildman–Crippen LogP) is 5.21. The number of benzene rings is 3. The van der Waals surface area contributed by atoms with E-state index in [2.05, 4.69) is 37.3 Å². The van der Waals surface area contributed by atoms with E-state index in [1.165, 1.54) is 18.2 Å². The van der Waals surface area contributed by atoms with Gasteiger partial charge in [-0.05, 0) is 91.3 Å². The number of hydrogen-bond acceptors (Lipinski definition) is 17. The third-order valence-electron chi connectivity index (χ3n) is 13.3. The summed E-state index contributed by atoms with van der Waals surface area (Å²) in [5.41, 5.74) is 4.23. The van der Waals surface area contributed by atoms with E-state index in [9.17, 15) is 28.8 Å². The van der Waals surface area contributed by atoms with Crippen LogP contribution in [0, 0.1) is 11.3 Å². The van der Waals surface area contributed by atoms with Crippen molar-refractivity contribution in [3.63, 3.8) is 0 Å². The van der Waals surface area contributed by atoms with Gasteiger partial charge < -0.3 is 49.1 Å². The molecule has 7 amide bonds. The molecule has 0 spiro atoms. The van der Waals surface area contributed by atoms with E-state index in [1.54, 1.807) is 18.5 Å². The lowest BCUT2D eigenvalue weighted by atomic mass is 9.89. The van der Waals surface area contributed by atoms with E-state index in [0.717, 1.165) is 58.8 Å². The van der Waals surface area contributed by atoms with Gasteiger partial charge in [-0.1, -0.05) is 48.5 Å². The Morgan fingerprint density at radius 3 is 2.04 bits per heavy atom. The summed E-state index contributed by atoms with van der Waals surface area (Å²) in [6.45, 7) is 4.00. The largest absolute Gasteiger partial charge is 0.483 e. The number of pyridine rings is 2. The van der Waals surface area contributed by atoms with Crippen molar-refractivity contribution in [3.8, 4) is 28.8 Å². The van der Waals surface area contributed by atoms with Crippen LogP contribution in [-0.2, 0) is 44.6 Å². The molecule has 3 aliphatic rings. The number of nitriles is 1. The number of imide groups is 2. The minimum atomic E-state index is -1.11. The number of nitrogens with zero attached hydrogens (tertiary/aromatic N) is 5. The Bertz CT molecular complexity index is 2920. The predicted molar refractivity (Wildman–Crippen MR) is 291 cm³/mol. The molecule has 1 atom stereocenters. The lowest BCUT2D eigenvalue weighted by Crippen LogP contribution is -2.54. The number of rotatable bonds is 30. The van der Waals surface area contributed by atoms with Crippen LogP contribution in [0.3, 0.4) is 0 Å². The van der Waals surface area contributed by atoms with Gasteiger partial charge in [-0.3, -0.25) is 39.1 Å². The summed E-state index contributed by atoms with van der Waals surface area (Å²) < 4.78 is 39.4. The molecule has 3 aromatic carbocycles. The summed E-state index contributed by atoms with van der Waals surface area (Å²) in [5, 5.41) is 20.6. The van der Waals surface area contributed by atoms with Crippen molar-refractivity contribution in [1.29, 1.82) is 5.26 Å². The van der Waals surface area contributed by atoms with Gasteiger partial charge >= 0.3 is 6.03 Å². The highest BCUT2D eigenvalue weighted by molar-refractivity contribution is 6.24. The van der Waals surface area contributed by atoms with Gasteiger partial charge in [-0.2, -0.15) is 5.26 Å². The van der Waals surface area contributed by atoms with E-state index >= 15 is 0 Å². The van der Waals surface area contributed by atoms with Crippen LogP contribution in [0.15, 0.2) is 109 Å². The zero-order valence-electron chi connectivity index (χ0n) is 44.3. The molecule has 1 aliphatic carbocycles. The van der Waals surface area contributed by atoms with Crippen molar-refractivity contribution < 1.29 is 61.9 Å². The van der Waals surface area contributed by atoms with Crippen LogP contribution in [0.2, 0.25) is 0 Å². The fraction of sp³-hybridized carbons (Fsp3) is 0.397. The quantitative estimate of drug-likeness (QED) is 0.0339. The van der Waals surface area contributed by atoms with E-state index in [1.807, 2.05) is 77.7 Å². The fourth-order valence-electron chi connectivity index (χ4n) is 9.32. The highest BCUT2D eigenvalue weighted by atomic mass is 16.6. The second-order valence-corrected chi connectivity index (χ2v) is 18.8. The van der Waals surface area contributed by atoms with E-state index < -0.39 is 42.2 Å². The molecule has 4 heterocycles. The van der Waals surface area contributed by atoms with Crippen LogP contribution in [0.4, 0.5) is 16.3 Å². The minimum Gasteiger partial charge on any atom is -0.483 e. The number of ether oxygens (including phenoxy) is 7. The molecule has 0 radical (unpaired) electrons. The van der Waals surface area contributed by atoms with Crippen LogP contribution in [0.1, 0.15) is 70.4 Å². The number of carbonyl (C=O) groups is 6. The highest BCUT2D eigenvalue weighted by Crippen LogP contribution is 2.34. The summed E-state index contributed by atoms with van der Waals surface area (Å²) in [5.74, 6) is -1.81. The van der Waals surface area contributed by atoms with E-state index in [0.29, 0.717) is 84.1 Å². The van der Waals surface area contributed by atoms with Gasteiger partial charge in [0.2, 0.25) is 17.7 Å². The number of urea groups is 1. The Hall–Kier alpha value is -8.33.